The summed E-state index contributed by atoms with van der Waals surface area (Å²) in [5.74, 6) is 0. The Morgan fingerprint density at radius 3 is 2.41 bits per heavy atom. The van der Waals surface area contributed by atoms with E-state index in [0.29, 0.717) is 0 Å². The quantitative estimate of drug-likeness (QED) is 0.310. The third-order valence-corrected chi connectivity index (χ3v) is 9.98. The first-order valence-corrected chi connectivity index (χ1v) is 14.0. The van der Waals surface area contributed by atoms with Gasteiger partial charge in [0, 0.05) is 19.8 Å². The largest absolute Gasteiger partial charge is 0.373 e. The van der Waals surface area contributed by atoms with Crippen molar-refractivity contribution in [2.75, 3.05) is 0 Å². The summed E-state index contributed by atoms with van der Waals surface area (Å²) in [4.78, 5) is 10.9. The van der Waals surface area contributed by atoms with E-state index in [4.69, 9.17) is 4.99 Å². The van der Waals surface area contributed by atoms with Crippen LogP contribution in [0.15, 0.2) is 89.2 Å². The molecule has 0 aliphatic carbocycles. The zero-order chi connectivity index (χ0) is 23.4. The third kappa shape index (κ3) is 3.88. The minimum Gasteiger partial charge on any atom is -0.373 e. The van der Waals surface area contributed by atoms with Crippen LogP contribution in [0.1, 0.15) is 20.9 Å². The second-order valence-electron chi connectivity index (χ2n) is 8.28. The molecular weight excluding hydrogens is 638 g/mol. The summed E-state index contributed by atoms with van der Waals surface area (Å²) < 4.78 is 3.04. The van der Waals surface area contributed by atoms with E-state index < -0.39 is 0 Å². The van der Waals surface area contributed by atoms with Crippen molar-refractivity contribution in [3.63, 3.8) is 0 Å². The number of rotatable bonds is 1. The molecule has 0 saturated heterocycles. The van der Waals surface area contributed by atoms with Gasteiger partial charge in [0.15, 0.2) is 0 Å². The smallest absolute Gasteiger partial charge is 0.0801 e. The molecule has 3 aliphatic rings. The number of nitrogens with one attached hydrogen (secondary N) is 2. The number of fused-ring (bicyclic) bond motifs is 7. The van der Waals surface area contributed by atoms with E-state index in [2.05, 4.69) is 138 Å². The van der Waals surface area contributed by atoms with Crippen molar-refractivity contribution in [1.82, 2.24) is 10.3 Å². The van der Waals surface area contributed by atoms with Crippen LogP contribution in [-0.2, 0) is 0 Å². The predicted octanol–water partition coefficient (Wildman–Crippen LogP) is 6.47. The molecule has 3 aliphatic heterocycles. The summed E-state index contributed by atoms with van der Waals surface area (Å²) in [7, 11) is 0. The highest BCUT2D eigenvalue weighted by Gasteiger charge is 2.22. The van der Waals surface area contributed by atoms with Crippen LogP contribution in [0, 0.1) is 6.92 Å². The molecule has 8 bridgehead atoms. The molecule has 3 aromatic rings. The van der Waals surface area contributed by atoms with Crippen molar-refractivity contribution in [2.45, 2.75) is 13.0 Å². The van der Waals surface area contributed by atoms with Crippen LogP contribution in [0.4, 0.5) is 0 Å². The summed E-state index contributed by atoms with van der Waals surface area (Å²) in [6.07, 6.45) is 8.48. The highest BCUT2D eigenvalue weighted by molar-refractivity contribution is 9.15. The molecule has 1 aromatic carbocycles. The molecule has 3 nitrogen and oxygen atoms in total. The maximum atomic E-state index is 5.05. The van der Waals surface area contributed by atoms with Crippen LogP contribution < -0.4 is 16.0 Å². The summed E-state index contributed by atoms with van der Waals surface area (Å²) >= 11 is 13.2. The second-order valence-corrected chi connectivity index (χ2v) is 11.8. The molecule has 0 spiro atoms. The molecule has 0 radical (unpaired) electrons. The lowest BCUT2D eigenvalue weighted by molar-refractivity contribution is 0.874. The minimum atomic E-state index is 0.0542. The van der Waals surface area contributed by atoms with Crippen molar-refractivity contribution in [3.8, 4) is 0 Å². The zero-order valence-electron chi connectivity index (χ0n) is 18.0. The monoisotopic (exact) mass is 653 g/mol. The van der Waals surface area contributed by atoms with Gasteiger partial charge in [0.1, 0.15) is 0 Å². The molecule has 0 saturated carbocycles. The van der Waals surface area contributed by atoms with E-state index in [1.165, 1.54) is 10.4 Å². The van der Waals surface area contributed by atoms with Gasteiger partial charge in [-0.2, -0.15) is 0 Å². The molecule has 34 heavy (non-hydrogen) atoms. The Hall–Kier alpha value is -2.19. The van der Waals surface area contributed by atoms with E-state index in [1.54, 1.807) is 11.3 Å². The zero-order valence-corrected chi connectivity index (χ0v) is 23.6. The molecule has 6 rings (SSSR count). The fraction of sp³-hybridized carbons (Fsp3) is 0.0741. The Morgan fingerprint density at radius 2 is 1.59 bits per heavy atom. The van der Waals surface area contributed by atoms with Gasteiger partial charge in [-0.05, 0) is 86.8 Å². The van der Waals surface area contributed by atoms with Crippen molar-refractivity contribution >= 4 is 83.9 Å². The van der Waals surface area contributed by atoms with Crippen molar-refractivity contribution in [2.24, 2.45) is 4.99 Å². The fourth-order valence-electron chi connectivity index (χ4n) is 4.19. The highest BCUT2D eigenvalue weighted by atomic mass is 79.9. The molecule has 2 N–H and O–H groups in total. The first kappa shape index (κ1) is 22.3. The highest BCUT2D eigenvalue weighted by Crippen LogP contribution is 2.40. The Bertz CT molecular complexity index is 1610. The molecule has 2 aromatic heterocycles. The average molecular weight is 656 g/mol. The van der Waals surface area contributed by atoms with Crippen LogP contribution in [0.5, 0.6) is 0 Å². The molecular formula is C27H18Br3N3S. The van der Waals surface area contributed by atoms with Gasteiger partial charge in [-0.25, -0.2) is 4.99 Å². The van der Waals surface area contributed by atoms with E-state index in [9.17, 15) is 0 Å². The normalized spacial score (nSPS) is 26.7. The Balaban J connectivity index is 1.64. The van der Waals surface area contributed by atoms with Gasteiger partial charge in [-0.1, -0.05) is 51.8 Å². The number of aliphatic imine (C=N–C) groups is 1. The maximum Gasteiger partial charge on any atom is 0.0801 e. The van der Waals surface area contributed by atoms with Gasteiger partial charge >= 0.3 is 0 Å². The van der Waals surface area contributed by atoms with Crippen molar-refractivity contribution in [1.29, 1.82) is 0 Å². The van der Waals surface area contributed by atoms with Crippen LogP contribution >= 0.6 is 59.1 Å². The lowest BCUT2D eigenvalue weighted by Gasteiger charge is -2.11. The van der Waals surface area contributed by atoms with Gasteiger partial charge in [-0.15, -0.1) is 11.3 Å². The number of H-pyrrole nitrogens is 1. The molecule has 1 atom stereocenters. The Morgan fingerprint density at radius 1 is 0.824 bits per heavy atom. The van der Waals surface area contributed by atoms with Crippen LogP contribution in [0.2, 0.25) is 0 Å². The predicted molar refractivity (Wildman–Crippen MR) is 155 cm³/mol. The van der Waals surface area contributed by atoms with Crippen LogP contribution in [-0.4, -0.2) is 16.7 Å². The molecule has 1 unspecified atom stereocenters. The number of thiophene rings is 1. The number of hydrogen-bond donors (Lipinski definition) is 2. The number of benzene rings is 1. The Kier molecular flexibility index (Phi) is 5.76. The van der Waals surface area contributed by atoms with Crippen LogP contribution in [0.3, 0.4) is 0 Å². The molecule has 0 fully saturated rings. The Labute approximate surface area is 226 Å². The second kappa shape index (κ2) is 8.79. The van der Waals surface area contributed by atoms with Gasteiger partial charge in [0.25, 0.3) is 0 Å². The number of nitrogens with zero attached hydrogens (tertiary/aromatic N) is 1. The van der Waals surface area contributed by atoms with Gasteiger partial charge in [0.2, 0.25) is 0 Å². The number of aryl methyl sites for hydroxylation is 1. The molecule has 7 heteroatoms. The number of allylic oxidation sites excluding steroid dienone is 3. The minimum absolute atomic E-state index is 0.0542. The summed E-state index contributed by atoms with van der Waals surface area (Å²) in [6, 6.07) is 17.3. The number of aromatic amines is 1. The van der Waals surface area contributed by atoms with Crippen molar-refractivity contribution in [3.05, 3.63) is 116 Å². The standard InChI is InChI=1S/C27H18Br3N3S/c1-14-2-4-15(5-3-14)24-16-6-7-17(31-16)25(28)18-8-9-19(32-18)26(29)20-10-11-21(33-20)27(30)23-13-12-22(24)34-23/h2-13,20,32-33H,1H3/b24-16-,25-18+,26-19+,27-21+. The first-order valence-electron chi connectivity index (χ1n) is 10.8. The molecule has 168 valence electrons. The van der Waals surface area contributed by atoms with E-state index in [0.717, 1.165) is 57.3 Å². The van der Waals surface area contributed by atoms with E-state index in [-0.39, 0.29) is 6.04 Å². The number of halogens is 3. The lowest BCUT2D eigenvalue weighted by atomic mass is 10.0. The summed E-state index contributed by atoms with van der Waals surface area (Å²) in [5.41, 5.74) is 6.45. The lowest BCUT2D eigenvalue weighted by Crippen LogP contribution is -2.26. The fourth-order valence-corrected chi connectivity index (χ4v) is 6.80. The van der Waals surface area contributed by atoms with Gasteiger partial charge < -0.3 is 10.3 Å². The summed E-state index contributed by atoms with van der Waals surface area (Å²) in [5, 5.41) is 5.63. The molecule has 0 amide bonds. The maximum absolute atomic E-state index is 5.05. The van der Waals surface area contributed by atoms with E-state index >= 15 is 0 Å². The van der Waals surface area contributed by atoms with Gasteiger partial charge in [-0.3, -0.25) is 0 Å². The third-order valence-electron chi connectivity index (χ3n) is 5.99. The number of hydrogen-bond acceptors (Lipinski definition) is 3. The summed E-state index contributed by atoms with van der Waals surface area (Å²) in [6.45, 7) is 2.11. The average Bonchev–Trinajstić information content (AvgIpc) is 3.65. The van der Waals surface area contributed by atoms with Crippen LogP contribution in [0.25, 0.3) is 19.0 Å². The SMILES string of the molecule is Cc1ccc(/C2=C3\C=CC(=N3)/C(Br)=c3/cc/c([nH]3)=C(\Br)C3C=C/C(=C(\Br)c4ccc2s4)N3)cc1. The van der Waals surface area contributed by atoms with Crippen molar-refractivity contribution < 1.29 is 0 Å². The first-order chi connectivity index (χ1) is 16.5. The van der Waals surface area contributed by atoms with Gasteiger partial charge in [0.05, 0.1) is 42.8 Å². The topological polar surface area (TPSA) is 40.2 Å². The van der Waals surface area contributed by atoms with E-state index in [1.807, 2.05) is 0 Å². The molecule has 5 heterocycles. The number of aromatic nitrogens is 1.